The number of imidazole rings is 1. The molecule has 0 aliphatic heterocycles. The van der Waals surface area contributed by atoms with Gasteiger partial charge in [0.05, 0.1) is 18.4 Å². The number of anilines is 1. The molecule has 0 radical (unpaired) electrons. The molecule has 0 saturated heterocycles. The van der Waals surface area contributed by atoms with Crippen LogP contribution in [-0.4, -0.2) is 28.9 Å². The first-order valence-corrected chi connectivity index (χ1v) is 8.92. The lowest BCUT2D eigenvalue weighted by Gasteiger charge is -2.08. The number of carbonyl (C=O) groups is 1. The van der Waals surface area contributed by atoms with Crippen LogP contribution in [0.25, 0.3) is 28.0 Å². The normalized spacial score (nSPS) is 10.8. The minimum Gasteiger partial charge on any atom is -0.376 e. The van der Waals surface area contributed by atoms with Gasteiger partial charge in [-0.25, -0.2) is 9.37 Å². The van der Waals surface area contributed by atoms with Crippen LogP contribution >= 0.6 is 0 Å². The van der Waals surface area contributed by atoms with E-state index in [0.717, 1.165) is 33.7 Å². The van der Waals surface area contributed by atoms with Crippen molar-refractivity contribution < 1.29 is 9.18 Å². The molecule has 2 N–H and O–H groups in total. The Morgan fingerprint density at radius 2 is 1.86 bits per heavy atom. The van der Waals surface area contributed by atoms with Crippen molar-refractivity contribution in [1.29, 1.82) is 0 Å². The van der Waals surface area contributed by atoms with E-state index in [4.69, 9.17) is 0 Å². The quantitative estimate of drug-likeness (QED) is 0.556. The van der Waals surface area contributed by atoms with Gasteiger partial charge in [0.15, 0.2) is 0 Å². The van der Waals surface area contributed by atoms with Crippen molar-refractivity contribution in [2.45, 2.75) is 0 Å². The van der Waals surface area contributed by atoms with Gasteiger partial charge in [-0.05, 0) is 47.5 Å². The van der Waals surface area contributed by atoms with Crippen LogP contribution in [0, 0.1) is 5.82 Å². The van der Waals surface area contributed by atoms with E-state index in [1.54, 1.807) is 19.2 Å². The van der Waals surface area contributed by atoms with Crippen LogP contribution < -0.4 is 10.6 Å². The number of carbonyl (C=O) groups excluding carboxylic acids is 1. The van der Waals surface area contributed by atoms with Gasteiger partial charge in [-0.1, -0.05) is 24.3 Å². The van der Waals surface area contributed by atoms with E-state index in [-0.39, 0.29) is 18.3 Å². The molecule has 0 saturated carbocycles. The highest BCUT2D eigenvalue weighted by atomic mass is 19.1. The van der Waals surface area contributed by atoms with Gasteiger partial charge in [0.2, 0.25) is 5.91 Å². The van der Waals surface area contributed by atoms with Crippen molar-refractivity contribution in [2.24, 2.45) is 0 Å². The summed E-state index contributed by atoms with van der Waals surface area (Å²) >= 11 is 0. The van der Waals surface area contributed by atoms with Crippen LogP contribution in [0.2, 0.25) is 0 Å². The number of likely N-dealkylation sites (N-methyl/N-ethyl adjacent to an activating group) is 1. The summed E-state index contributed by atoms with van der Waals surface area (Å²) in [5, 5.41) is 5.70. The van der Waals surface area contributed by atoms with Gasteiger partial charge in [-0.3, -0.25) is 9.20 Å². The molecule has 140 valence electrons. The number of amides is 1. The van der Waals surface area contributed by atoms with E-state index in [2.05, 4.69) is 15.6 Å². The van der Waals surface area contributed by atoms with Gasteiger partial charge in [0, 0.05) is 24.5 Å². The van der Waals surface area contributed by atoms with Gasteiger partial charge in [-0.15, -0.1) is 0 Å². The van der Waals surface area contributed by atoms with E-state index in [9.17, 15) is 9.18 Å². The lowest BCUT2D eigenvalue weighted by atomic mass is 10.1. The molecule has 0 fully saturated rings. The molecule has 6 heteroatoms. The summed E-state index contributed by atoms with van der Waals surface area (Å²) in [7, 11) is 1.61. The Bertz CT molecular complexity index is 1130. The zero-order chi connectivity index (χ0) is 19.5. The Hall–Kier alpha value is -3.67. The summed E-state index contributed by atoms with van der Waals surface area (Å²) in [5.41, 5.74) is 5.52. The molecule has 2 aromatic heterocycles. The number of hydrogen-bond donors (Lipinski definition) is 2. The SMILES string of the molecule is CNC(=O)CNc1cccc(-c2cnc3cc(-c4ccc(F)cc4)ccn23)c1. The lowest BCUT2D eigenvalue weighted by molar-refractivity contribution is -0.118. The van der Waals surface area contributed by atoms with Crippen LogP contribution in [-0.2, 0) is 4.79 Å². The van der Waals surface area contributed by atoms with E-state index < -0.39 is 0 Å². The topological polar surface area (TPSA) is 58.4 Å². The first kappa shape index (κ1) is 17.7. The third-order valence-corrected chi connectivity index (χ3v) is 4.58. The highest BCUT2D eigenvalue weighted by molar-refractivity contribution is 5.81. The zero-order valence-corrected chi connectivity index (χ0v) is 15.3. The summed E-state index contributed by atoms with van der Waals surface area (Å²) in [6, 6.07) is 18.2. The van der Waals surface area contributed by atoms with Crippen LogP contribution in [0.5, 0.6) is 0 Å². The Kier molecular flexibility index (Phi) is 4.76. The van der Waals surface area contributed by atoms with Gasteiger partial charge < -0.3 is 10.6 Å². The van der Waals surface area contributed by atoms with Gasteiger partial charge in [0.25, 0.3) is 0 Å². The van der Waals surface area contributed by atoms with E-state index in [1.165, 1.54) is 12.1 Å². The maximum Gasteiger partial charge on any atom is 0.239 e. The Morgan fingerprint density at radius 1 is 1.04 bits per heavy atom. The number of benzene rings is 2. The number of hydrogen-bond acceptors (Lipinski definition) is 3. The van der Waals surface area contributed by atoms with Crippen molar-refractivity contribution in [3.63, 3.8) is 0 Å². The molecule has 28 heavy (non-hydrogen) atoms. The Morgan fingerprint density at radius 3 is 2.64 bits per heavy atom. The van der Waals surface area contributed by atoms with Gasteiger partial charge >= 0.3 is 0 Å². The number of aromatic nitrogens is 2. The number of rotatable bonds is 5. The molecular weight excluding hydrogens is 355 g/mol. The number of nitrogens with zero attached hydrogens (tertiary/aromatic N) is 2. The molecule has 0 atom stereocenters. The zero-order valence-electron chi connectivity index (χ0n) is 15.3. The molecule has 4 rings (SSSR count). The second-order valence-corrected chi connectivity index (χ2v) is 6.40. The van der Waals surface area contributed by atoms with Crippen molar-refractivity contribution in [3.05, 3.63) is 78.9 Å². The molecular formula is C22H19FN4O. The molecule has 0 bridgehead atoms. The Balaban J connectivity index is 1.65. The molecule has 2 heterocycles. The minimum atomic E-state index is -0.252. The van der Waals surface area contributed by atoms with E-state index >= 15 is 0 Å². The predicted octanol–water partition coefficient (Wildman–Crippen LogP) is 3.97. The maximum absolute atomic E-state index is 13.2. The molecule has 0 unspecified atom stereocenters. The summed E-state index contributed by atoms with van der Waals surface area (Å²) in [5.74, 6) is -0.327. The summed E-state index contributed by atoms with van der Waals surface area (Å²) in [6.07, 6.45) is 3.78. The first-order valence-electron chi connectivity index (χ1n) is 8.92. The van der Waals surface area contributed by atoms with Crippen molar-refractivity contribution in [1.82, 2.24) is 14.7 Å². The van der Waals surface area contributed by atoms with Crippen molar-refractivity contribution in [2.75, 3.05) is 18.9 Å². The highest BCUT2D eigenvalue weighted by Gasteiger charge is 2.09. The molecule has 0 aliphatic carbocycles. The predicted molar refractivity (Wildman–Crippen MR) is 109 cm³/mol. The van der Waals surface area contributed by atoms with Crippen LogP contribution in [0.4, 0.5) is 10.1 Å². The third-order valence-electron chi connectivity index (χ3n) is 4.58. The largest absolute Gasteiger partial charge is 0.376 e. The van der Waals surface area contributed by atoms with Crippen LogP contribution in [0.15, 0.2) is 73.1 Å². The summed E-state index contributed by atoms with van der Waals surface area (Å²) in [4.78, 5) is 16.0. The monoisotopic (exact) mass is 374 g/mol. The smallest absolute Gasteiger partial charge is 0.239 e. The molecule has 0 spiro atoms. The fourth-order valence-electron chi connectivity index (χ4n) is 3.08. The van der Waals surface area contributed by atoms with Gasteiger partial charge in [-0.2, -0.15) is 0 Å². The molecule has 1 amide bonds. The van der Waals surface area contributed by atoms with Crippen molar-refractivity contribution in [3.8, 4) is 22.4 Å². The number of fused-ring (bicyclic) bond motifs is 1. The fraction of sp³-hybridized carbons (Fsp3) is 0.0909. The molecule has 5 nitrogen and oxygen atoms in total. The highest BCUT2D eigenvalue weighted by Crippen LogP contribution is 2.26. The second-order valence-electron chi connectivity index (χ2n) is 6.40. The van der Waals surface area contributed by atoms with E-state index in [0.29, 0.717) is 0 Å². The molecule has 4 aromatic rings. The van der Waals surface area contributed by atoms with Gasteiger partial charge in [0.1, 0.15) is 11.5 Å². The molecule has 2 aromatic carbocycles. The fourth-order valence-corrected chi connectivity index (χ4v) is 3.08. The van der Waals surface area contributed by atoms with Crippen LogP contribution in [0.3, 0.4) is 0 Å². The minimum absolute atomic E-state index is 0.0754. The number of halogens is 1. The average Bonchev–Trinajstić information content (AvgIpc) is 3.16. The summed E-state index contributed by atoms with van der Waals surface area (Å²) < 4.78 is 15.2. The average molecular weight is 374 g/mol. The van der Waals surface area contributed by atoms with Crippen molar-refractivity contribution >= 4 is 17.2 Å². The van der Waals surface area contributed by atoms with Crippen LogP contribution in [0.1, 0.15) is 0 Å². The van der Waals surface area contributed by atoms with E-state index in [1.807, 2.05) is 53.2 Å². The lowest BCUT2D eigenvalue weighted by Crippen LogP contribution is -2.26. The molecule has 0 aliphatic rings. The Labute approximate surface area is 161 Å². The third kappa shape index (κ3) is 3.57. The first-order chi connectivity index (χ1) is 13.6. The standard InChI is InChI=1S/C22H19FN4O/c1-24-22(28)14-25-19-4-2-3-17(11-19)20-13-26-21-12-16(9-10-27(20)21)15-5-7-18(23)8-6-15/h2-13,25H,14H2,1H3,(H,24,28). The second kappa shape index (κ2) is 7.52. The maximum atomic E-state index is 13.2. The number of nitrogens with one attached hydrogen (secondary N) is 2. The number of pyridine rings is 1. The summed E-state index contributed by atoms with van der Waals surface area (Å²) in [6.45, 7) is 0.216.